The van der Waals surface area contributed by atoms with Gasteiger partial charge in [-0.05, 0) is 30.2 Å². The second-order valence-electron chi connectivity index (χ2n) is 4.48. The number of aromatic carboxylic acids is 1. The van der Waals surface area contributed by atoms with Crippen LogP contribution in [0.3, 0.4) is 0 Å². The molecule has 104 valence electrons. The van der Waals surface area contributed by atoms with Crippen molar-refractivity contribution in [2.75, 3.05) is 5.73 Å². The Balaban J connectivity index is 2.18. The molecular formula is C16H17NO3. The van der Waals surface area contributed by atoms with Crippen LogP contribution >= 0.6 is 0 Å². The minimum atomic E-state index is -1.04. The van der Waals surface area contributed by atoms with Crippen LogP contribution in [0.1, 0.15) is 28.4 Å². The van der Waals surface area contributed by atoms with Gasteiger partial charge in [-0.25, -0.2) is 4.79 Å². The molecule has 2 aromatic carbocycles. The second-order valence-corrected chi connectivity index (χ2v) is 4.48. The Kier molecular flexibility index (Phi) is 4.25. The summed E-state index contributed by atoms with van der Waals surface area (Å²) in [6.45, 7) is 2.25. The number of aryl methyl sites for hydroxylation is 1. The standard InChI is InChI=1S/C16H17NO3/c1-2-11-5-3-7-13(9-11)20-10-12-6-4-8-14(17)15(12)16(18)19/h3-9H,2,10,17H2,1H3,(H,18,19). The van der Waals surface area contributed by atoms with E-state index in [1.165, 1.54) is 5.56 Å². The molecule has 0 atom stereocenters. The van der Waals surface area contributed by atoms with Gasteiger partial charge in [-0.1, -0.05) is 31.2 Å². The zero-order valence-corrected chi connectivity index (χ0v) is 11.3. The van der Waals surface area contributed by atoms with Crippen molar-refractivity contribution >= 4 is 11.7 Å². The van der Waals surface area contributed by atoms with E-state index in [9.17, 15) is 9.90 Å². The minimum Gasteiger partial charge on any atom is -0.489 e. The van der Waals surface area contributed by atoms with Gasteiger partial charge in [-0.3, -0.25) is 0 Å². The molecule has 0 aliphatic carbocycles. The number of nitrogen functional groups attached to an aromatic ring is 1. The lowest BCUT2D eigenvalue weighted by molar-refractivity contribution is 0.0695. The van der Waals surface area contributed by atoms with E-state index >= 15 is 0 Å². The number of hydrogen-bond acceptors (Lipinski definition) is 3. The highest BCUT2D eigenvalue weighted by Crippen LogP contribution is 2.20. The van der Waals surface area contributed by atoms with Crippen molar-refractivity contribution < 1.29 is 14.6 Å². The largest absolute Gasteiger partial charge is 0.489 e. The molecule has 0 amide bonds. The Morgan fingerprint density at radius 3 is 2.70 bits per heavy atom. The fraction of sp³-hybridized carbons (Fsp3) is 0.188. The topological polar surface area (TPSA) is 72.5 Å². The van der Waals surface area contributed by atoms with Crippen molar-refractivity contribution in [2.24, 2.45) is 0 Å². The molecule has 4 heteroatoms. The van der Waals surface area contributed by atoms with Gasteiger partial charge in [0.05, 0.1) is 5.56 Å². The lowest BCUT2D eigenvalue weighted by Gasteiger charge is -2.11. The number of hydrogen-bond donors (Lipinski definition) is 2. The van der Waals surface area contributed by atoms with Crippen molar-refractivity contribution in [2.45, 2.75) is 20.0 Å². The predicted octanol–water partition coefficient (Wildman–Crippen LogP) is 3.11. The number of nitrogens with two attached hydrogens (primary N) is 1. The summed E-state index contributed by atoms with van der Waals surface area (Å²) < 4.78 is 5.66. The Morgan fingerprint density at radius 2 is 2.00 bits per heavy atom. The third kappa shape index (κ3) is 3.09. The molecule has 0 saturated heterocycles. The van der Waals surface area contributed by atoms with E-state index in [0.29, 0.717) is 5.56 Å². The highest BCUT2D eigenvalue weighted by Gasteiger charge is 2.13. The summed E-state index contributed by atoms with van der Waals surface area (Å²) in [7, 11) is 0. The maximum atomic E-state index is 11.2. The van der Waals surface area contributed by atoms with Crippen LogP contribution in [0.5, 0.6) is 5.75 Å². The highest BCUT2D eigenvalue weighted by atomic mass is 16.5. The molecule has 4 nitrogen and oxygen atoms in total. The molecule has 3 N–H and O–H groups in total. The van der Waals surface area contributed by atoms with Gasteiger partial charge in [0.25, 0.3) is 0 Å². The SMILES string of the molecule is CCc1cccc(OCc2cccc(N)c2C(=O)O)c1. The van der Waals surface area contributed by atoms with Crippen molar-refractivity contribution in [3.8, 4) is 5.75 Å². The monoisotopic (exact) mass is 271 g/mol. The quantitative estimate of drug-likeness (QED) is 0.819. The van der Waals surface area contributed by atoms with Crippen LogP contribution in [-0.4, -0.2) is 11.1 Å². The molecule has 2 rings (SSSR count). The van der Waals surface area contributed by atoms with E-state index in [1.807, 2.05) is 24.3 Å². The molecule has 0 bridgehead atoms. The van der Waals surface area contributed by atoms with Crippen LogP contribution in [0, 0.1) is 0 Å². The van der Waals surface area contributed by atoms with Crippen molar-refractivity contribution in [3.63, 3.8) is 0 Å². The van der Waals surface area contributed by atoms with Crippen LogP contribution in [0.2, 0.25) is 0 Å². The van der Waals surface area contributed by atoms with E-state index < -0.39 is 5.97 Å². The minimum absolute atomic E-state index is 0.110. The molecule has 0 aliphatic rings. The summed E-state index contributed by atoms with van der Waals surface area (Å²) in [6.07, 6.45) is 0.926. The van der Waals surface area contributed by atoms with Gasteiger partial charge in [0.1, 0.15) is 12.4 Å². The van der Waals surface area contributed by atoms with Crippen LogP contribution in [0.15, 0.2) is 42.5 Å². The summed E-state index contributed by atoms with van der Waals surface area (Å²) >= 11 is 0. The Labute approximate surface area is 117 Å². The first-order valence-corrected chi connectivity index (χ1v) is 6.44. The number of carboxylic acids is 1. The van der Waals surface area contributed by atoms with E-state index in [4.69, 9.17) is 10.5 Å². The molecule has 20 heavy (non-hydrogen) atoms. The fourth-order valence-electron chi connectivity index (χ4n) is 2.02. The number of carbonyl (C=O) groups is 1. The number of anilines is 1. The first-order chi connectivity index (χ1) is 9.61. The Hall–Kier alpha value is -2.49. The van der Waals surface area contributed by atoms with Crippen LogP contribution in [0.25, 0.3) is 0 Å². The first kappa shape index (κ1) is 13.9. The summed E-state index contributed by atoms with van der Waals surface area (Å²) in [5.74, 6) is -0.313. The molecule has 0 unspecified atom stereocenters. The van der Waals surface area contributed by atoms with Gasteiger partial charge in [0.2, 0.25) is 0 Å². The van der Waals surface area contributed by atoms with E-state index in [0.717, 1.165) is 12.2 Å². The number of ether oxygens (including phenoxy) is 1. The summed E-state index contributed by atoms with van der Waals surface area (Å²) in [5, 5.41) is 9.19. The number of carboxylic acid groups (broad SMARTS) is 1. The first-order valence-electron chi connectivity index (χ1n) is 6.44. The maximum absolute atomic E-state index is 11.2. The average Bonchev–Trinajstić information content (AvgIpc) is 2.45. The smallest absolute Gasteiger partial charge is 0.338 e. The molecule has 0 aliphatic heterocycles. The number of benzene rings is 2. The zero-order valence-electron chi connectivity index (χ0n) is 11.3. The molecule has 0 radical (unpaired) electrons. The fourth-order valence-corrected chi connectivity index (χ4v) is 2.02. The van der Waals surface area contributed by atoms with E-state index in [-0.39, 0.29) is 17.9 Å². The van der Waals surface area contributed by atoms with Gasteiger partial charge in [-0.2, -0.15) is 0 Å². The lowest BCUT2D eigenvalue weighted by atomic mass is 10.1. The molecule has 0 aromatic heterocycles. The molecule has 0 spiro atoms. The summed E-state index contributed by atoms with van der Waals surface area (Å²) in [4.78, 5) is 11.2. The zero-order chi connectivity index (χ0) is 14.5. The van der Waals surface area contributed by atoms with Crippen LogP contribution < -0.4 is 10.5 Å². The summed E-state index contributed by atoms with van der Waals surface area (Å²) in [6, 6.07) is 12.8. The normalized spacial score (nSPS) is 10.2. The van der Waals surface area contributed by atoms with Crippen LogP contribution in [0.4, 0.5) is 5.69 Å². The van der Waals surface area contributed by atoms with Gasteiger partial charge < -0.3 is 15.6 Å². The molecule has 0 heterocycles. The van der Waals surface area contributed by atoms with Gasteiger partial charge in [-0.15, -0.1) is 0 Å². The maximum Gasteiger partial charge on any atom is 0.338 e. The molecule has 0 saturated carbocycles. The van der Waals surface area contributed by atoms with Crippen molar-refractivity contribution in [1.29, 1.82) is 0 Å². The Bertz CT molecular complexity index is 623. The average molecular weight is 271 g/mol. The second kappa shape index (κ2) is 6.10. The summed E-state index contributed by atoms with van der Waals surface area (Å²) in [5.41, 5.74) is 7.81. The molecular weight excluding hydrogens is 254 g/mol. The molecule has 2 aromatic rings. The van der Waals surface area contributed by atoms with Gasteiger partial charge >= 0.3 is 5.97 Å². The van der Waals surface area contributed by atoms with E-state index in [2.05, 4.69) is 6.92 Å². The van der Waals surface area contributed by atoms with Crippen LogP contribution in [-0.2, 0) is 13.0 Å². The molecule has 0 fully saturated rings. The third-order valence-electron chi connectivity index (χ3n) is 3.10. The van der Waals surface area contributed by atoms with Gasteiger partial charge in [0.15, 0.2) is 0 Å². The Morgan fingerprint density at radius 1 is 1.25 bits per heavy atom. The lowest BCUT2D eigenvalue weighted by Crippen LogP contribution is -2.09. The number of rotatable bonds is 5. The van der Waals surface area contributed by atoms with Crippen molar-refractivity contribution in [1.82, 2.24) is 0 Å². The van der Waals surface area contributed by atoms with Crippen molar-refractivity contribution in [3.05, 3.63) is 59.2 Å². The predicted molar refractivity (Wildman–Crippen MR) is 78.0 cm³/mol. The third-order valence-corrected chi connectivity index (χ3v) is 3.10. The van der Waals surface area contributed by atoms with E-state index in [1.54, 1.807) is 18.2 Å². The van der Waals surface area contributed by atoms with Gasteiger partial charge in [0, 0.05) is 11.3 Å². The highest BCUT2D eigenvalue weighted by molar-refractivity contribution is 5.95.